The Labute approximate surface area is 125 Å². The van der Waals surface area contributed by atoms with Crippen LogP contribution in [0.4, 0.5) is 0 Å². The number of aldehydes is 1. The van der Waals surface area contributed by atoms with Crippen LogP contribution in [0.3, 0.4) is 0 Å². The summed E-state index contributed by atoms with van der Waals surface area (Å²) < 4.78 is 29.8. The number of carbonyl (C=O) groups is 1. The first-order valence-electron chi connectivity index (χ1n) is 6.73. The molecule has 0 radical (unpaired) electrons. The third kappa shape index (κ3) is 4.03. The number of carbonyl (C=O) groups excluding carboxylic acids is 1. The first kappa shape index (κ1) is 15.9. The molecule has 6 nitrogen and oxygen atoms in total. The highest BCUT2D eigenvalue weighted by Crippen LogP contribution is 2.22. The number of sulfonamides is 1. The van der Waals surface area contributed by atoms with Gasteiger partial charge in [-0.25, -0.2) is 8.42 Å². The predicted octanol–water partition coefficient (Wildman–Crippen LogP) is 0.585. The van der Waals surface area contributed by atoms with Crippen molar-refractivity contribution in [1.29, 1.82) is 0 Å². The van der Waals surface area contributed by atoms with Crippen LogP contribution in [0.15, 0.2) is 18.2 Å². The van der Waals surface area contributed by atoms with Gasteiger partial charge in [-0.05, 0) is 18.2 Å². The molecule has 1 aromatic rings. The topological polar surface area (TPSA) is 66.9 Å². The van der Waals surface area contributed by atoms with E-state index in [1.807, 2.05) is 6.07 Å². The summed E-state index contributed by atoms with van der Waals surface area (Å²) >= 11 is 0. The number of hydrogen-bond donors (Lipinski definition) is 0. The first-order valence-corrected chi connectivity index (χ1v) is 8.58. The van der Waals surface area contributed by atoms with Gasteiger partial charge in [-0.1, -0.05) is 0 Å². The lowest BCUT2D eigenvalue weighted by Crippen LogP contribution is -2.47. The molecule has 0 N–H and O–H groups in total. The SMILES string of the molecule is COc1ccc(C=O)cc1CN1CCN(S(C)(=O)=O)CC1. The molecule has 7 heteroatoms. The fourth-order valence-electron chi connectivity index (χ4n) is 2.46. The molecule has 0 aliphatic carbocycles. The number of benzene rings is 1. The predicted molar refractivity (Wildman–Crippen MR) is 80.1 cm³/mol. The van der Waals surface area contributed by atoms with Crippen molar-refractivity contribution in [2.45, 2.75) is 6.54 Å². The van der Waals surface area contributed by atoms with Crippen molar-refractivity contribution < 1.29 is 17.9 Å². The van der Waals surface area contributed by atoms with Gasteiger partial charge in [0, 0.05) is 43.9 Å². The Kier molecular flexibility index (Phi) is 4.97. The molecular formula is C14H20N2O4S. The zero-order chi connectivity index (χ0) is 15.5. The number of ether oxygens (including phenoxy) is 1. The van der Waals surface area contributed by atoms with Crippen LogP contribution < -0.4 is 4.74 Å². The monoisotopic (exact) mass is 312 g/mol. The highest BCUT2D eigenvalue weighted by Gasteiger charge is 2.23. The molecule has 1 aliphatic rings. The molecule has 1 saturated heterocycles. The van der Waals surface area contributed by atoms with E-state index in [9.17, 15) is 13.2 Å². The number of piperazine rings is 1. The van der Waals surface area contributed by atoms with Crippen LogP contribution in [0.1, 0.15) is 15.9 Å². The van der Waals surface area contributed by atoms with E-state index in [0.29, 0.717) is 38.3 Å². The summed E-state index contributed by atoms with van der Waals surface area (Å²) in [5.74, 6) is 0.742. The van der Waals surface area contributed by atoms with Gasteiger partial charge in [-0.15, -0.1) is 0 Å². The third-order valence-corrected chi connectivity index (χ3v) is 4.94. The van der Waals surface area contributed by atoms with Gasteiger partial charge in [0.25, 0.3) is 0 Å². The lowest BCUT2D eigenvalue weighted by atomic mass is 10.1. The molecule has 1 fully saturated rings. The Balaban J connectivity index is 2.05. The van der Waals surface area contributed by atoms with Crippen LogP contribution in [0.5, 0.6) is 5.75 Å². The first-order chi connectivity index (χ1) is 9.94. The number of methoxy groups -OCH3 is 1. The largest absolute Gasteiger partial charge is 0.496 e. The maximum atomic E-state index is 11.5. The van der Waals surface area contributed by atoms with Crippen LogP contribution in [0, 0.1) is 0 Å². The standard InChI is InChI=1S/C14H20N2O4S/c1-20-14-4-3-12(11-17)9-13(14)10-15-5-7-16(8-6-15)21(2,18)19/h3-4,9,11H,5-8,10H2,1-2H3. The zero-order valence-corrected chi connectivity index (χ0v) is 13.1. The summed E-state index contributed by atoms with van der Waals surface area (Å²) in [6.45, 7) is 2.97. The molecule has 0 unspecified atom stereocenters. The van der Waals surface area contributed by atoms with E-state index in [4.69, 9.17) is 4.74 Å². The average Bonchev–Trinajstić information content (AvgIpc) is 2.46. The van der Waals surface area contributed by atoms with Crippen molar-refractivity contribution >= 4 is 16.3 Å². The smallest absolute Gasteiger partial charge is 0.211 e. The van der Waals surface area contributed by atoms with Crippen molar-refractivity contribution in [1.82, 2.24) is 9.21 Å². The Morgan fingerprint density at radius 3 is 2.43 bits per heavy atom. The fraction of sp³-hybridized carbons (Fsp3) is 0.500. The molecule has 0 atom stereocenters. The summed E-state index contributed by atoms with van der Waals surface area (Å²) in [6.07, 6.45) is 2.05. The highest BCUT2D eigenvalue weighted by atomic mass is 32.2. The Hall–Kier alpha value is -1.44. The number of nitrogens with zero attached hydrogens (tertiary/aromatic N) is 2. The molecule has 0 amide bonds. The molecule has 0 spiro atoms. The van der Waals surface area contributed by atoms with E-state index in [0.717, 1.165) is 17.6 Å². The number of hydrogen-bond acceptors (Lipinski definition) is 5. The van der Waals surface area contributed by atoms with Gasteiger partial charge in [0.1, 0.15) is 12.0 Å². The minimum atomic E-state index is -3.11. The lowest BCUT2D eigenvalue weighted by molar-refractivity contribution is 0.112. The van der Waals surface area contributed by atoms with Crippen LogP contribution in [-0.4, -0.2) is 63.5 Å². The van der Waals surface area contributed by atoms with Crippen LogP contribution >= 0.6 is 0 Å². The summed E-state index contributed by atoms with van der Waals surface area (Å²) in [5, 5.41) is 0. The van der Waals surface area contributed by atoms with E-state index in [2.05, 4.69) is 4.90 Å². The molecule has 1 aromatic carbocycles. The maximum Gasteiger partial charge on any atom is 0.211 e. The minimum absolute atomic E-state index is 0.495. The van der Waals surface area contributed by atoms with Crippen LogP contribution in [0.25, 0.3) is 0 Å². The van der Waals surface area contributed by atoms with Gasteiger partial charge in [0.2, 0.25) is 10.0 Å². The van der Waals surface area contributed by atoms with Gasteiger partial charge in [0.15, 0.2) is 0 Å². The minimum Gasteiger partial charge on any atom is -0.496 e. The number of rotatable bonds is 5. The molecule has 1 aliphatic heterocycles. The molecule has 0 bridgehead atoms. The van der Waals surface area contributed by atoms with Crippen LogP contribution in [-0.2, 0) is 16.6 Å². The summed E-state index contributed by atoms with van der Waals surface area (Å²) in [6, 6.07) is 5.32. The molecule has 116 valence electrons. The van der Waals surface area contributed by atoms with E-state index in [1.165, 1.54) is 10.6 Å². The molecule has 21 heavy (non-hydrogen) atoms. The maximum absolute atomic E-state index is 11.5. The second-order valence-corrected chi connectivity index (χ2v) is 7.11. The Morgan fingerprint density at radius 2 is 1.90 bits per heavy atom. The Morgan fingerprint density at radius 1 is 1.24 bits per heavy atom. The zero-order valence-electron chi connectivity index (χ0n) is 12.3. The van der Waals surface area contributed by atoms with Crippen LogP contribution in [0.2, 0.25) is 0 Å². The quantitative estimate of drug-likeness (QED) is 0.744. The van der Waals surface area contributed by atoms with E-state index in [1.54, 1.807) is 19.2 Å². The Bertz CT molecular complexity index is 607. The van der Waals surface area contributed by atoms with Crippen molar-refractivity contribution in [2.24, 2.45) is 0 Å². The van der Waals surface area contributed by atoms with Gasteiger partial charge in [0.05, 0.1) is 13.4 Å². The average molecular weight is 312 g/mol. The molecule has 0 aromatic heterocycles. The summed E-state index contributed by atoms with van der Waals surface area (Å²) in [7, 11) is -1.51. The second-order valence-electron chi connectivity index (χ2n) is 5.13. The summed E-state index contributed by atoms with van der Waals surface area (Å²) in [5.41, 5.74) is 1.55. The highest BCUT2D eigenvalue weighted by molar-refractivity contribution is 7.88. The molecule has 0 saturated carbocycles. The van der Waals surface area contributed by atoms with Crippen molar-refractivity contribution in [3.05, 3.63) is 29.3 Å². The molecule has 1 heterocycles. The second kappa shape index (κ2) is 6.55. The van der Waals surface area contributed by atoms with Gasteiger partial charge >= 0.3 is 0 Å². The van der Waals surface area contributed by atoms with Gasteiger partial charge < -0.3 is 4.74 Å². The normalized spacial score (nSPS) is 17.6. The fourth-order valence-corrected chi connectivity index (χ4v) is 3.28. The summed E-state index contributed by atoms with van der Waals surface area (Å²) in [4.78, 5) is 13.0. The van der Waals surface area contributed by atoms with E-state index < -0.39 is 10.0 Å². The van der Waals surface area contributed by atoms with Crippen molar-refractivity contribution in [2.75, 3.05) is 39.5 Å². The van der Waals surface area contributed by atoms with E-state index >= 15 is 0 Å². The van der Waals surface area contributed by atoms with E-state index in [-0.39, 0.29) is 0 Å². The molecular weight excluding hydrogens is 292 g/mol. The third-order valence-electron chi connectivity index (χ3n) is 3.63. The van der Waals surface area contributed by atoms with Crippen molar-refractivity contribution in [3.63, 3.8) is 0 Å². The lowest BCUT2D eigenvalue weighted by Gasteiger charge is -2.33. The van der Waals surface area contributed by atoms with Gasteiger partial charge in [-0.2, -0.15) is 4.31 Å². The van der Waals surface area contributed by atoms with Crippen molar-refractivity contribution in [3.8, 4) is 5.75 Å². The molecule has 2 rings (SSSR count). The van der Waals surface area contributed by atoms with Gasteiger partial charge in [-0.3, -0.25) is 9.69 Å².